The fourth-order valence-electron chi connectivity index (χ4n) is 3.26. The molecule has 0 saturated heterocycles. The molecule has 4 aromatic rings. The van der Waals surface area contributed by atoms with Gasteiger partial charge in [-0.1, -0.05) is 6.07 Å². The molecule has 3 heterocycles. The van der Waals surface area contributed by atoms with Gasteiger partial charge in [-0.2, -0.15) is 5.10 Å². The Balaban J connectivity index is 1.74. The third-order valence-electron chi connectivity index (χ3n) is 4.77. The number of nitrogens with zero attached hydrogens (tertiary/aromatic N) is 3. The van der Waals surface area contributed by atoms with Gasteiger partial charge in [-0.3, -0.25) is 9.59 Å². The Labute approximate surface area is 185 Å². The second-order valence-corrected chi connectivity index (χ2v) is 7.91. The molecule has 0 aliphatic heterocycles. The number of esters is 1. The summed E-state index contributed by atoms with van der Waals surface area (Å²) in [5.41, 5.74) is 0.285. The Kier molecular flexibility index (Phi) is 6.22. The molecule has 3 aromatic heterocycles. The van der Waals surface area contributed by atoms with Gasteiger partial charge in [0, 0.05) is 28.9 Å². The maximum Gasteiger partial charge on any atom is 0.306 e. The van der Waals surface area contributed by atoms with Crippen LogP contribution in [0, 0.1) is 5.82 Å². The maximum absolute atomic E-state index is 13.4. The summed E-state index contributed by atoms with van der Waals surface area (Å²) in [5.74, 6) is -2.01. The van der Waals surface area contributed by atoms with Crippen LogP contribution in [-0.2, 0) is 15.3 Å². The highest BCUT2D eigenvalue weighted by atomic mass is 32.2. The monoisotopic (exact) mass is 455 g/mol. The van der Waals surface area contributed by atoms with Gasteiger partial charge in [0.2, 0.25) is 11.2 Å². The number of methoxy groups -OCH3 is 1. The molecule has 1 N–H and O–H groups in total. The van der Waals surface area contributed by atoms with Crippen LogP contribution in [-0.4, -0.2) is 32.8 Å². The molecule has 1 atom stereocenters. The summed E-state index contributed by atoms with van der Waals surface area (Å²) in [6, 6.07) is 8.90. The van der Waals surface area contributed by atoms with E-state index in [0.717, 1.165) is 0 Å². The minimum atomic E-state index is -0.860. The van der Waals surface area contributed by atoms with Crippen LogP contribution < -0.4 is 5.43 Å². The summed E-state index contributed by atoms with van der Waals surface area (Å²) in [7, 11) is 1.25. The normalized spacial score (nSPS) is 12.1. The molecule has 8 nitrogen and oxygen atoms in total. The van der Waals surface area contributed by atoms with Crippen molar-refractivity contribution >= 4 is 23.4 Å². The zero-order valence-corrected chi connectivity index (χ0v) is 17.7. The predicted octanol–water partition coefficient (Wildman–Crippen LogP) is 3.51. The predicted molar refractivity (Wildman–Crippen MR) is 114 cm³/mol. The number of rotatable bonds is 7. The number of fused-ring (bicyclic) bond motifs is 1. The lowest BCUT2D eigenvalue weighted by atomic mass is 9.94. The van der Waals surface area contributed by atoms with Gasteiger partial charge in [0.1, 0.15) is 11.6 Å². The molecule has 4 rings (SSSR count). The third kappa shape index (κ3) is 4.50. The molecule has 0 aliphatic rings. The van der Waals surface area contributed by atoms with Gasteiger partial charge in [-0.15, -0.1) is 11.8 Å². The lowest BCUT2D eigenvalue weighted by Crippen LogP contribution is -2.14. The number of benzene rings is 1. The number of hydrogen-bond acceptors (Lipinski definition) is 8. The molecule has 0 fully saturated rings. The summed E-state index contributed by atoms with van der Waals surface area (Å²) in [5, 5.41) is 14.7. The minimum absolute atomic E-state index is 0.0849. The molecule has 0 bridgehead atoms. The van der Waals surface area contributed by atoms with Gasteiger partial charge in [-0.25, -0.2) is 13.9 Å². The highest BCUT2D eigenvalue weighted by Gasteiger charge is 2.29. The number of carbonyl (C=O) groups is 1. The zero-order valence-electron chi connectivity index (χ0n) is 16.9. The SMILES string of the molecule is COC(=O)CC(c1oc(CSc2cccc(F)c2)cc(=O)c1O)c1cnn2cccnc12. The number of carbonyl (C=O) groups excluding carboxylic acids is 1. The Hall–Kier alpha value is -3.66. The topological polar surface area (TPSA) is 107 Å². The second-order valence-electron chi connectivity index (χ2n) is 6.86. The van der Waals surface area contributed by atoms with Crippen LogP contribution in [0.1, 0.15) is 29.4 Å². The van der Waals surface area contributed by atoms with Crippen LogP contribution in [0.4, 0.5) is 4.39 Å². The van der Waals surface area contributed by atoms with E-state index in [1.165, 1.54) is 47.8 Å². The molecule has 0 radical (unpaired) electrons. The van der Waals surface area contributed by atoms with Gasteiger partial charge in [-0.05, 0) is 24.3 Å². The molecule has 32 heavy (non-hydrogen) atoms. The second kappa shape index (κ2) is 9.23. The van der Waals surface area contributed by atoms with E-state index in [2.05, 4.69) is 10.1 Å². The van der Waals surface area contributed by atoms with Gasteiger partial charge in [0.15, 0.2) is 11.4 Å². The van der Waals surface area contributed by atoms with Crippen LogP contribution in [0.5, 0.6) is 5.75 Å². The zero-order chi connectivity index (χ0) is 22.7. The van der Waals surface area contributed by atoms with Crippen molar-refractivity contribution in [2.75, 3.05) is 7.11 Å². The number of ether oxygens (including phenoxy) is 1. The quantitative estimate of drug-likeness (QED) is 0.333. The Morgan fingerprint density at radius 1 is 1.34 bits per heavy atom. The largest absolute Gasteiger partial charge is 0.502 e. The number of halogens is 1. The van der Waals surface area contributed by atoms with Crippen molar-refractivity contribution in [3.8, 4) is 5.75 Å². The number of hydrogen-bond donors (Lipinski definition) is 1. The van der Waals surface area contributed by atoms with Crippen molar-refractivity contribution in [3.63, 3.8) is 0 Å². The highest BCUT2D eigenvalue weighted by molar-refractivity contribution is 7.98. The first-order valence-electron chi connectivity index (χ1n) is 9.55. The van der Waals surface area contributed by atoms with Crippen LogP contribution in [0.15, 0.2) is 69.1 Å². The summed E-state index contributed by atoms with van der Waals surface area (Å²) >= 11 is 1.27. The molecular weight excluding hydrogens is 437 g/mol. The third-order valence-corrected chi connectivity index (χ3v) is 5.79. The average Bonchev–Trinajstić information content (AvgIpc) is 3.22. The van der Waals surface area contributed by atoms with Crippen molar-refractivity contribution in [2.24, 2.45) is 0 Å². The van der Waals surface area contributed by atoms with Gasteiger partial charge in [0.25, 0.3) is 0 Å². The standard InChI is InChI=1S/C22H18FN3O5S/c1-30-19(28)10-16(17-11-25-26-7-3-6-24-22(17)26)21-20(29)18(27)9-14(31-21)12-32-15-5-2-4-13(23)8-15/h2-9,11,16,29H,10,12H2,1H3. The van der Waals surface area contributed by atoms with E-state index in [1.54, 1.807) is 30.6 Å². The lowest BCUT2D eigenvalue weighted by molar-refractivity contribution is -0.140. The van der Waals surface area contributed by atoms with Crippen molar-refractivity contribution in [1.29, 1.82) is 0 Å². The number of aromatic hydroxyl groups is 1. The summed E-state index contributed by atoms with van der Waals surface area (Å²) in [6.07, 6.45) is 4.55. The average molecular weight is 455 g/mol. The van der Waals surface area contributed by atoms with E-state index >= 15 is 0 Å². The molecule has 0 spiro atoms. The molecule has 10 heteroatoms. The van der Waals surface area contributed by atoms with Crippen molar-refractivity contribution in [2.45, 2.75) is 23.0 Å². The number of thioether (sulfide) groups is 1. The van der Waals surface area contributed by atoms with Crippen molar-refractivity contribution < 1.29 is 23.4 Å². The molecular formula is C22H18FN3O5S. The van der Waals surface area contributed by atoms with E-state index < -0.39 is 23.1 Å². The summed E-state index contributed by atoms with van der Waals surface area (Å²) in [6.45, 7) is 0. The van der Waals surface area contributed by atoms with E-state index in [4.69, 9.17) is 9.15 Å². The molecule has 0 amide bonds. The smallest absolute Gasteiger partial charge is 0.306 e. The van der Waals surface area contributed by atoms with E-state index in [-0.39, 0.29) is 29.5 Å². The van der Waals surface area contributed by atoms with Gasteiger partial charge >= 0.3 is 5.97 Å². The van der Waals surface area contributed by atoms with E-state index in [0.29, 0.717) is 16.1 Å². The van der Waals surface area contributed by atoms with Gasteiger partial charge < -0.3 is 14.3 Å². The molecule has 1 unspecified atom stereocenters. The fourth-order valence-corrected chi connectivity index (χ4v) is 4.08. The van der Waals surface area contributed by atoms with Crippen LogP contribution in [0.25, 0.3) is 5.65 Å². The first kappa shape index (κ1) is 21.6. The van der Waals surface area contributed by atoms with Crippen LogP contribution in [0.3, 0.4) is 0 Å². The lowest BCUT2D eigenvalue weighted by Gasteiger charge is -2.16. The Bertz CT molecular complexity index is 1340. The molecule has 0 saturated carbocycles. The number of aromatic nitrogens is 3. The minimum Gasteiger partial charge on any atom is -0.502 e. The first-order valence-corrected chi connectivity index (χ1v) is 10.5. The van der Waals surface area contributed by atoms with E-state index in [9.17, 15) is 19.1 Å². The van der Waals surface area contributed by atoms with Crippen molar-refractivity contribution in [3.05, 3.63) is 88.1 Å². The van der Waals surface area contributed by atoms with Gasteiger partial charge in [0.05, 0.1) is 31.4 Å². The Morgan fingerprint density at radius 2 is 2.19 bits per heavy atom. The highest BCUT2D eigenvalue weighted by Crippen LogP contribution is 2.35. The first-order chi connectivity index (χ1) is 15.5. The maximum atomic E-state index is 13.4. The fraction of sp³-hybridized carbons (Fsp3) is 0.182. The van der Waals surface area contributed by atoms with E-state index in [1.807, 2.05) is 0 Å². The molecule has 1 aromatic carbocycles. The van der Waals surface area contributed by atoms with Crippen LogP contribution in [0.2, 0.25) is 0 Å². The Morgan fingerprint density at radius 3 is 2.97 bits per heavy atom. The van der Waals surface area contributed by atoms with Crippen LogP contribution >= 0.6 is 11.8 Å². The summed E-state index contributed by atoms with van der Waals surface area (Å²) < 4.78 is 25.6. The molecule has 164 valence electrons. The molecule has 0 aliphatic carbocycles. The summed E-state index contributed by atoms with van der Waals surface area (Å²) in [4.78, 5) is 29.6. The van der Waals surface area contributed by atoms with Crippen molar-refractivity contribution in [1.82, 2.24) is 14.6 Å².